The molecule has 140 valence electrons. The third kappa shape index (κ3) is 3.64. The number of imidazole rings is 1. The number of nitrogens with zero attached hydrogens (tertiary/aromatic N) is 2. The fourth-order valence-corrected chi connectivity index (χ4v) is 3.32. The number of nitrogens with one attached hydrogen (secondary N) is 1. The average Bonchev–Trinajstić information content (AvgIpc) is 3.12. The third-order valence-corrected chi connectivity index (χ3v) is 5.16. The smallest absolute Gasteiger partial charge is 0.255 e. The lowest BCUT2D eigenvalue weighted by Gasteiger charge is -2.06. The van der Waals surface area contributed by atoms with Crippen molar-refractivity contribution in [1.82, 2.24) is 9.38 Å². The number of rotatable bonds is 4. The topological polar surface area (TPSA) is 107 Å². The summed E-state index contributed by atoms with van der Waals surface area (Å²) in [6.07, 6.45) is 3.67. The number of fused-ring (bicyclic) bond motifs is 1. The van der Waals surface area contributed by atoms with E-state index >= 15 is 0 Å². The van der Waals surface area contributed by atoms with Crippen LogP contribution in [0.2, 0.25) is 0 Å². The predicted molar refractivity (Wildman–Crippen MR) is 106 cm³/mol. The first-order valence-electron chi connectivity index (χ1n) is 8.38. The molecule has 2 aromatic heterocycles. The van der Waals surface area contributed by atoms with Crippen molar-refractivity contribution in [2.45, 2.75) is 4.90 Å². The monoisotopic (exact) mass is 392 g/mol. The van der Waals surface area contributed by atoms with Gasteiger partial charge < -0.3 is 9.72 Å². The van der Waals surface area contributed by atoms with E-state index in [0.29, 0.717) is 16.9 Å². The SMILES string of the molecule is NS(=O)(=O)c1ccc(NC(=O)c2ccn3cc(-c4ccccc4)nc3c2)cc1. The Bertz CT molecular complexity index is 1260. The first-order valence-corrected chi connectivity index (χ1v) is 9.93. The molecule has 0 spiro atoms. The second-order valence-corrected chi connectivity index (χ2v) is 7.76. The molecule has 0 radical (unpaired) electrons. The fraction of sp³-hybridized carbons (Fsp3) is 0. The van der Waals surface area contributed by atoms with Crippen molar-refractivity contribution in [1.29, 1.82) is 0 Å². The zero-order chi connectivity index (χ0) is 19.7. The predicted octanol–water partition coefficient (Wildman–Crippen LogP) is 2.90. The largest absolute Gasteiger partial charge is 0.322 e. The number of primary sulfonamides is 1. The zero-order valence-corrected chi connectivity index (χ0v) is 15.4. The van der Waals surface area contributed by atoms with Crippen LogP contribution in [0.5, 0.6) is 0 Å². The molecule has 8 heteroatoms. The first-order chi connectivity index (χ1) is 13.4. The maximum absolute atomic E-state index is 12.5. The van der Waals surface area contributed by atoms with Crippen molar-refractivity contribution in [3.8, 4) is 11.3 Å². The van der Waals surface area contributed by atoms with Gasteiger partial charge in [0.2, 0.25) is 10.0 Å². The molecule has 0 atom stereocenters. The molecular formula is C20H16N4O3S. The number of nitrogens with two attached hydrogens (primary N) is 1. The highest BCUT2D eigenvalue weighted by Crippen LogP contribution is 2.20. The van der Waals surface area contributed by atoms with Crippen molar-refractivity contribution in [2.75, 3.05) is 5.32 Å². The Hall–Kier alpha value is -3.49. The highest BCUT2D eigenvalue weighted by molar-refractivity contribution is 7.89. The number of carbonyl (C=O) groups is 1. The number of carbonyl (C=O) groups excluding carboxylic acids is 1. The molecule has 3 N–H and O–H groups in total. The van der Waals surface area contributed by atoms with Crippen LogP contribution < -0.4 is 10.5 Å². The lowest BCUT2D eigenvalue weighted by Crippen LogP contribution is -2.14. The first kappa shape index (κ1) is 17.9. The molecule has 1 amide bonds. The van der Waals surface area contributed by atoms with Crippen molar-refractivity contribution in [3.63, 3.8) is 0 Å². The van der Waals surface area contributed by atoms with E-state index in [1.54, 1.807) is 18.3 Å². The summed E-state index contributed by atoms with van der Waals surface area (Å²) in [7, 11) is -3.77. The number of amides is 1. The van der Waals surface area contributed by atoms with Crippen LogP contribution in [0.3, 0.4) is 0 Å². The molecule has 4 aromatic rings. The Kier molecular flexibility index (Phi) is 4.42. The Morgan fingerprint density at radius 2 is 1.71 bits per heavy atom. The summed E-state index contributed by atoms with van der Waals surface area (Å²) in [4.78, 5) is 17.1. The number of anilines is 1. The fourth-order valence-electron chi connectivity index (χ4n) is 2.80. The standard InChI is InChI=1S/C20H16N4O3S/c21-28(26,27)17-8-6-16(7-9-17)22-20(25)15-10-11-24-13-18(23-19(24)12-15)14-4-2-1-3-5-14/h1-13H,(H,22,25)(H2,21,26,27). The molecule has 2 heterocycles. The van der Waals surface area contributed by atoms with E-state index in [4.69, 9.17) is 5.14 Å². The van der Waals surface area contributed by atoms with Crippen LogP contribution in [0.25, 0.3) is 16.9 Å². The molecule has 0 aliphatic heterocycles. The van der Waals surface area contributed by atoms with Crippen LogP contribution in [0.1, 0.15) is 10.4 Å². The quantitative estimate of drug-likeness (QED) is 0.557. The van der Waals surface area contributed by atoms with Crippen LogP contribution in [0.4, 0.5) is 5.69 Å². The van der Waals surface area contributed by atoms with Crippen LogP contribution in [0.15, 0.2) is 84.0 Å². The Morgan fingerprint density at radius 1 is 1.00 bits per heavy atom. The molecule has 0 aliphatic rings. The van der Waals surface area contributed by atoms with Crippen molar-refractivity contribution in [2.24, 2.45) is 5.14 Å². The second kappa shape index (κ2) is 6.91. The van der Waals surface area contributed by atoms with Crippen LogP contribution in [-0.2, 0) is 10.0 Å². The van der Waals surface area contributed by atoms with Gasteiger partial charge in [-0.1, -0.05) is 30.3 Å². The lowest BCUT2D eigenvalue weighted by atomic mass is 10.2. The van der Waals surface area contributed by atoms with E-state index in [1.165, 1.54) is 24.3 Å². The van der Waals surface area contributed by atoms with Crippen molar-refractivity contribution >= 4 is 27.3 Å². The summed E-state index contributed by atoms with van der Waals surface area (Å²) in [5, 5.41) is 7.80. The van der Waals surface area contributed by atoms with Crippen LogP contribution >= 0.6 is 0 Å². The number of pyridine rings is 1. The van der Waals surface area contributed by atoms with Gasteiger partial charge in [0.1, 0.15) is 5.65 Å². The average molecular weight is 392 g/mol. The van der Waals surface area contributed by atoms with Gasteiger partial charge in [-0.3, -0.25) is 4.79 Å². The van der Waals surface area contributed by atoms with Gasteiger partial charge in [-0.15, -0.1) is 0 Å². The Balaban J connectivity index is 1.57. The van der Waals surface area contributed by atoms with Crippen LogP contribution in [-0.4, -0.2) is 23.7 Å². The minimum absolute atomic E-state index is 0.0160. The lowest BCUT2D eigenvalue weighted by molar-refractivity contribution is 0.102. The number of aromatic nitrogens is 2. The Labute approximate surface area is 161 Å². The van der Waals surface area contributed by atoms with E-state index in [1.807, 2.05) is 40.9 Å². The number of hydrogen-bond donors (Lipinski definition) is 2. The van der Waals surface area contributed by atoms with Gasteiger partial charge in [-0.05, 0) is 36.4 Å². The van der Waals surface area contributed by atoms with Gasteiger partial charge in [-0.25, -0.2) is 18.5 Å². The van der Waals surface area contributed by atoms with Gasteiger partial charge >= 0.3 is 0 Å². The molecule has 0 unspecified atom stereocenters. The Morgan fingerprint density at radius 3 is 2.39 bits per heavy atom. The van der Waals surface area contributed by atoms with E-state index in [0.717, 1.165) is 11.3 Å². The van der Waals surface area contributed by atoms with Gasteiger partial charge in [0, 0.05) is 29.2 Å². The number of sulfonamides is 1. The third-order valence-electron chi connectivity index (χ3n) is 4.23. The van der Waals surface area contributed by atoms with Gasteiger partial charge in [-0.2, -0.15) is 0 Å². The normalized spacial score (nSPS) is 11.5. The van der Waals surface area contributed by atoms with Crippen molar-refractivity contribution < 1.29 is 13.2 Å². The second-order valence-electron chi connectivity index (χ2n) is 6.20. The van der Waals surface area contributed by atoms with Gasteiger partial charge in [0.05, 0.1) is 10.6 Å². The molecule has 0 aliphatic carbocycles. The molecule has 28 heavy (non-hydrogen) atoms. The molecule has 0 fully saturated rings. The zero-order valence-electron chi connectivity index (χ0n) is 14.6. The molecule has 7 nitrogen and oxygen atoms in total. The molecule has 0 saturated heterocycles. The summed E-state index contributed by atoms with van der Waals surface area (Å²) in [6.45, 7) is 0. The molecule has 0 saturated carbocycles. The van der Waals surface area contributed by atoms with E-state index in [9.17, 15) is 13.2 Å². The molecule has 4 rings (SSSR count). The van der Waals surface area contributed by atoms with Gasteiger partial charge in [0.15, 0.2) is 0 Å². The van der Waals surface area contributed by atoms with E-state index < -0.39 is 10.0 Å². The van der Waals surface area contributed by atoms with E-state index in [-0.39, 0.29) is 10.8 Å². The molecule has 2 aromatic carbocycles. The minimum Gasteiger partial charge on any atom is -0.322 e. The summed E-state index contributed by atoms with van der Waals surface area (Å²) in [6, 6.07) is 18.8. The molecule has 0 bridgehead atoms. The van der Waals surface area contributed by atoms with E-state index in [2.05, 4.69) is 10.3 Å². The van der Waals surface area contributed by atoms with Crippen molar-refractivity contribution in [3.05, 3.63) is 84.7 Å². The summed E-state index contributed by atoms with van der Waals surface area (Å²) in [5.74, 6) is -0.324. The highest BCUT2D eigenvalue weighted by Gasteiger charge is 2.11. The summed E-state index contributed by atoms with van der Waals surface area (Å²) in [5.41, 5.74) is 3.36. The van der Waals surface area contributed by atoms with Crippen LogP contribution in [0, 0.1) is 0 Å². The summed E-state index contributed by atoms with van der Waals surface area (Å²) >= 11 is 0. The minimum atomic E-state index is -3.77. The summed E-state index contributed by atoms with van der Waals surface area (Å²) < 4.78 is 24.4. The molecular weight excluding hydrogens is 376 g/mol. The number of hydrogen-bond acceptors (Lipinski definition) is 4. The van der Waals surface area contributed by atoms with Gasteiger partial charge in [0.25, 0.3) is 5.91 Å². The number of benzene rings is 2. The maximum Gasteiger partial charge on any atom is 0.255 e. The maximum atomic E-state index is 12.5. The highest BCUT2D eigenvalue weighted by atomic mass is 32.2.